The molecule has 3 aromatic rings. The summed E-state index contributed by atoms with van der Waals surface area (Å²) in [5, 5.41) is 0.556. The van der Waals surface area contributed by atoms with E-state index in [2.05, 4.69) is 22.0 Å². The standard InChI is InChI=1S/C25H23ClN4O2/c26-20-8-4-7-18(13-20)24(32)29-9-11-30(12-10-29)25-27-16-21-22(28-25)14-19(15-23(21)31)17-5-2-1-3-6-17/h1-8,13,16,19H,9-12,14-15H2. The number of aromatic nitrogens is 2. The molecule has 5 rings (SSSR count). The van der Waals surface area contributed by atoms with E-state index in [1.165, 1.54) is 5.56 Å². The molecule has 162 valence electrons. The third kappa shape index (κ3) is 4.10. The molecular formula is C25H23ClN4O2. The molecule has 2 heterocycles. The van der Waals surface area contributed by atoms with Crippen molar-refractivity contribution in [3.63, 3.8) is 0 Å². The van der Waals surface area contributed by atoms with Gasteiger partial charge in [0.1, 0.15) is 0 Å². The van der Waals surface area contributed by atoms with Crippen LogP contribution in [0.1, 0.15) is 44.3 Å². The molecule has 1 aromatic heterocycles. The van der Waals surface area contributed by atoms with Crippen molar-refractivity contribution < 1.29 is 9.59 Å². The van der Waals surface area contributed by atoms with E-state index < -0.39 is 0 Å². The second-order valence-corrected chi connectivity index (χ2v) is 8.70. The van der Waals surface area contributed by atoms with Gasteiger partial charge in [-0.1, -0.05) is 48.0 Å². The smallest absolute Gasteiger partial charge is 0.254 e. The van der Waals surface area contributed by atoms with Crippen LogP contribution >= 0.6 is 11.6 Å². The van der Waals surface area contributed by atoms with Crippen molar-refractivity contribution in [2.45, 2.75) is 18.8 Å². The number of fused-ring (bicyclic) bond motifs is 1. The van der Waals surface area contributed by atoms with Gasteiger partial charge < -0.3 is 9.80 Å². The molecule has 2 aromatic carbocycles. The van der Waals surface area contributed by atoms with Crippen LogP contribution in [0.4, 0.5) is 5.95 Å². The molecule has 0 spiro atoms. The Labute approximate surface area is 191 Å². The summed E-state index contributed by atoms with van der Waals surface area (Å²) in [4.78, 5) is 38.6. The summed E-state index contributed by atoms with van der Waals surface area (Å²) in [6.45, 7) is 2.44. The van der Waals surface area contributed by atoms with Crippen LogP contribution in [0.3, 0.4) is 0 Å². The highest BCUT2D eigenvalue weighted by Gasteiger charge is 2.29. The van der Waals surface area contributed by atoms with Crippen molar-refractivity contribution >= 4 is 29.2 Å². The number of nitrogens with zero attached hydrogens (tertiary/aromatic N) is 4. The zero-order valence-corrected chi connectivity index (χ0v) is 18.3. The molecule has 32 heavy (non-hydrogen) atoms. The second kappa shape index (κ2) is 8.71. The highest BCUT2D eigenvalue weighted by atomic mass is 35.5. The Morgan fingerprint density at radius 1 is 0.969 bits per heavy atom. The fourth-order valence-electron chi connectivity index (χ4n) is 4.46. The van der Waals surface area contributed by atoms with Crippen LogP contribution in [0.15, 0.2) is 60.8 Å². The predicted octanol–water partition coefficient (Wildman–Crippen LogP) is 4.01. The van der Waals surface area contributed by atoms with Crippen LogP contribution in [0.5, 0.6) is 0 Å². The number of rotatable bonds is 3. The highest BCUT2D eigenvalue weighted by molar-refractivity contribution is 6.30. The number of anilines is 1. The first kappa shape index (κ1) is 20.6. The Hall–Kier alpha value is -3.25. The Balaban J connectivity index is 1.29. The van der Waals surface area contributed by atoms with Crippen molar-refractivity contribution in [1.82, 2.24) is 14.9 Å². The Kier molecular flexibility index (Phi) is 5.62. The van der Waals surface area contributed by atoms with Crippen molar-refractivity contribution in [2.24, 2.45) is 0 Å². The van der Waals surface area contributed by atoms with Gasteiger partial charge in [-0.15, -0.1) is 0 Å². The lowest BCUT2D eigenvalue weighted by molar-refractivity contribution is 0.0745. The van der Waals surface area contributed by atoms with Crippen molar-refractivity contribution in [1.29, 1.82) is 0 Å². The number of hydrogen-bond donors (Lipinski definition) is 0. The summed E-state index contributed by atoms with van der Waals surface area (Å²) in [6, 6.07) is 17.2. The number of Topliss-reactive ketones (excluding diaryl/α,β-unsaturated/α-hetero) is 1. The monoisotopic (exact) mass is 446 g/mol. The van der Waals surface area contributed by atoms with E-state index in [4.69, 9.17) is 16.6 Å². The van der Waals surface area contributed by atoms with E-state index in [0.29, 0.717) is 54.7 Å². The van der Waals surface area contributed by atoms with E-state index in [-0.39, 0.29) is 17.6 Å². The fourth-order valence-corrected chi connectivity index (χ4v) is 4.65. The number of amides is 1. The quantitative estimate of drug-likeness (QED) is 0.608. The minimum atomic E-state index is -0.0187. The molecule has 0 saturated carbocycles. The molecular weight excluding hydrogens is 424 g/mol. The first-order valence-corrected chi connectivity index (χ1v) is 11.2. The molecule has 0 N–H and O–H groups in total. The minimum absolute atomic E-state index is 0.0187. The zero-order valence-electron chi connectivity index (χ0n) is 17.6. The van der Waals surface area contributed by atoms with Gasteiger partial charge in [0, 0.05) is 49.4 Å². The number of piperazine rings is 1. The molecule has 1 saturated heterocycles. The summed E-state index contributed by atoms with van der Waals surface area (Å²) >= 11 is 6.03. The second-order valence-electron chi connectivity index (χ2n) is 8.26. The first-order chi connectivity index (χ1) is 15.6. The van der Waals surface area contributed by atoms with Gasteiger partial charge in [-0.25, -0.2) is 9.97 Å². The number of hydrogen-bond acceptors (Lipinski definition) is 5. The van der Waals surface area contributed by atoms with Gasteiger partial charge in [-0.05, 0) is 36.1 Å². The number of carbonyl (C=O) groups is 2. The van der Waals surface area contributed by atoms with E-state index in [9.17, 15) is 9.59 Å². The van der Waals surface area contributed by atoms with Crippen LogP contribution in [0.25, 0.3) is 0 Å². The van der Waals surface area contributed by atoms with Gasteiger partial charge in [0.2, 0.25) is 5.95 Å². The lowest BCUT2D eigenvalue weighted by Gasteiger charge is -2.35. The van der Waals surface area contributed by atoms with Gasteiger partial charge in [-0.2, -0.15) is 0 Å². The molecule has 7 heteroatoms. The van der Waals surface area contributed by atoms with Gasteiger partial charge >= 0.3 is 0 Å². The van der Waals surface area contributed by atoms with Crippen LogP contribution in [-0.4, -0.2) is 52.7 Å². The van der Waals surface area contributed by atoms with E-state index >= 15 is 0 Å². The molecule has 2 aliphatic rings. The molecule has 0 radical (unpaired) electrons. The lowest BCUT2D eigenvalue weighted by atomic mass is 9.82. The molecule has 6 nitrogen and oxygen atoms in total. The predicted molar refractivity (Wildman–Crippen MR) is 123 cm³/mol. The van der Waals surface area contributed by atoms with Crippen LogP contribution in [0.2, 0.25) is 5.02 Å². The summed E-state index contributed by atoms with van der Waals surface area (Å²) in [5.41, 5.74) is 3.22. The highest BCUT2D eigenvalue weighted by Crippen LogP contribution is 2.32. The topological polar surface area (TPSA) is 66.4 Å². The third-order valence-electron chi connectivity index (χ3n) is 6.22. The molecule has 1 unspecified atom stereocenters. The number of halogens is 1. The lowest BCUT2D eigenvalue weighted by Crippen LogP contribution is -2.49. The first-order valence-electron chi connectivity index (χ1n) is 10.8. The molecule has 1 fully saturated rings. The largest absolute Gasteiger partial charge is 0.337 e. The molecule has 1 aliphatic carbocycles. The Morgan fingerprint density at radius 2 is 1.75 bits per heavy atom. The summed E-state index contributed by atoms with van der Waals surface area (Å²) in [6.07, 6.45) is 2.89. The normalized spacial score (nSPS) is 18.4. The van der Waals surface area contributed by atoms with E-state index in [1.54, 1.807) is 30.5 Å². The maximum Gasteiger partial charge on any atom is 0.254 e. The number of ketones is 1. The van der Waals surface area contributed by atoms with E-state index in [1.807, 2.05) is 23.1 Å². The van der Waals surface area contributed by atoms with Gasteiger partial charge in [0.25, 0.3) is 5.91 Å². The van der Waals surface area contributed by atoms with E-state index in [0.717, 1.165) is 12.1 Å². The van der Waals surface area contributed by atoms with Crippen LogP contribution < -0.4 is 4.90 Å². The number of benzene rings is 2. The van der Waals surface area contributed by atoms with Gasteiger partial charge in [0.15, 0.2) is 5.78 Å². The third-order valence-corrected chi connectivity index (χ3v) is 6.45. The summed E-state index contributed by atoms with van der Waals surface area (Å²) < 4.78 is 0. The SMILES string of the molecule is O=C1CC(c2ccccc2)Cc2nc(N3CCN(C(=O)c4cccc(Cl)c4)CC3)ncc21. The maximum atomic E-state index is 12.8. The minimum Gasteiger partial charge on any atom is -0.337 e. The molecule has 0 bridgehead atoms. The summed E-state index contributed by atoms with van der Waals surface area (Å²) in [7, 11) is 0. The Bertz CT molecular complexity index is 1160. The number of carbonyl (C=O) groups excluding carboxylic acids is 2. The fraction of sp³-hybridized carbons (Fsp3) is 0.280. The molecule has 1 amide bonds. The van der Waals surface area contributed by atoms with Crippen molar-refractivity contribution in [2.75, 3.05) is 31.1 Å². The average Bonchev–Trinajstić information content (AvgIpc) is 2.84. The van der Waals surface area contributed by atoms with Crippen molar-refractivity contribution in [3.8, 4) is 0 Å². The molecule has 1 aliphatic heterocycles. The van der Waals surface area contributed by atoms with Crippen molar-refractivity contribution in [3.05, 3.63) is 88.2 Å². The molecule has 1 atom stereocenters. The van der Waals surface area contributed by atoms with Gasteiger partial charge in [0.05, 0.1) is 11.3 Å². The van der Waals surface area contributed by atoms with Gasteiger partial charge in [-0.3, -0.25) is 9.59 Å². The van der Waals surface area contributed by atoms with Crippen LogP contribution in [0, 0.1) is 0 Å². The van der Waals surface area contributed by atoms with Crippen LogP contribution in [-0.2, 0) is 6.42 Å². The zero-order chi connectivity index (χ0) is 22.1. The average molecular weight is 447 g/mol. The maximum absolute atomic E-state index is 12.8. The summed E-state index contributed by atoms with van der Waals surface area (Å²) in [5.74, 6) is 0.852. The Morgan fingerprint density at radius 3 is 2.50 bits per heavy atom.